The summed E-state index contributed by atoms with van der Waals surface area (Å²) in [5.74, 6) is 0.382. The van der Waals surface area contributed by atoms with Gasteiger partial charge in [0.05, 0.1) is 0 Å². The van der Waals surface area contributed by atoms with Crippen molar-refractivity contribution >= 4 is 16.5 Å². The number of hydrogen-bond acceptors (Lipinski definition) is 1. The van der Waals surface area contributed by atoms with Gasteiger partial charge in [0.25, 0.3) is 0 Å². The van der Waals surface area contributed by atoms with Gasteiger partial charge in [0.2, 0.25) is 0 Å². The first-order valence-electron chi connectivity index (χ1n) is 4.96. The Balaban J connectivity index is 0.00000128. The summed E-state index contributed by atoms with van der Waals surface area (Å²) in [5, 5.41) is 16.0. The molecule has 0 aliphatic heterocycles. The van der Waals surface area contributed by atoms with Crippen LogP contribution in [0, 0.1) is 13.8 Å². The Labute approximate surface area is 121 Å². The molecule has 0 unspecified atom stereocenters. The smallest absolute Gasteiger partial charge is 0.126 e. The number of nitrogens with zero attached hydrogens (tertiary/aromatic N) is 1. The van der Waals surface area contributed by atoms with E-state index in [0.29, 0.717) is 5.75 Å². The summed E-state index contributed by atoms with van der Waals surface area (Å²) in [7, 11) is 1.77. The molecule has 81 valence electrons. The maximum Gasteiger partial charge on any atom is 0.126 e. The van der Waals surface area contributed by atoms with Crippen LogP contribution in [0.3, 0.4) is 0 Å². The molecule has 0 heterocycles. The van der Waals surface area contributed by atoms with Crippen LogP contribution < -0.4 is 0 Å². The first kappa shape index (κ1) is 13.5. The van der Waals surface area contributed by atoms with Crippen LogP contribution in [-0.2, 0) is 32.7 Å². The minimum absolute atomic E-state index is 0. The molecule has 0 atom stereocenters. The number of benzene rings is 2. The van der Waals surface area contributed by atoms with E-state index in [1.807, 2.05) is 32.0 Å². The molecule has 2 nitrogen and oxygen atoms in total. The van der Waals surface area contributed by atoms with Gasteiger partial charge in [0, 0.05) is 38.1 Å². The third kappa shape index (κ3) is 2.23. The summed E-state index contributed by atoms with van der Waals surface area (Å²) in [6.45, 7) is 3.94. The van der Waals surface area contributed by atoms with E-state index in [9.17, 15) is 5.11 Å². The third-order valence-electron chi connectivity index (χ3n) is 2.87. The summed E-state index contributed by atoms with van der Waals surface area (Å²) in [4.78, 5) is 0. The van der Waals surface area contributed by atoms with Crippen LogP contribution in [0.15, 0.2) is 24.3 Å². The Bertz CT molecular complexity index is 523. The number of hydrogen-bond donors (Lipinski definition) is 1. The average molecular weight is 289 g/mol. The molecular formula is C13H14NOY-. The number of fused-ring (bicyclic) bond motifs is 1. The SMILES string of the molecule is C[N-]c1ccc2c(O)c(C)c(C)cc2c1.[Y]. The zero-order valence-electron chi connectivity index (χ0n) is 9.78. The molecule has 2 rings (SSSR count). The van der Waals surface area contributed by atoms with Crippen molar-refractivity contribution in [1.29, 1.82) is 0 Å². The minimum atomic E-state index is 0. The van der Waals surface area contributed by atoms with Gasteiger partial charge in [-0.25, -0.2) is 0 Å². The molecule has 0 aliphatic rings. The van der Waals surface area contributed by atoms with E-state index < -0.39 is 0 Å². The van der Waals surface area contributed by atoms with Crippen molar-refractivity contribution < 1.29 is 37.8 Å². The zero-order valence-corrected chi connectivity index (χ0v) is 12.6. The Morgan fingerprint density at radius 3 is 2.44 bits per heavy atom. The normalized spacial score (nSPS) is 9.94. The van der Waals surface area contributed by atoms with Crippen molar-refractivity contribution in [2.45, 2.75) is 13.8 Å². The summed E-state index contributed by atoms with van der Waals surface area (Å²) >= 11 is 0. The van der Waals surface area contributed by atoms with Crippen LogP contribution in [0.25, 0.3) is 16.1 Å². The van der Waals surface area contributed by atoms with Crippen molar-refractivity contribution in [3.63, 3.8) is 0 Å². The Kier molecular flexibility index (Phi) is 4.34. The maximum atomic E-state index is 9.97. The fraction of sp³-hybridized carbons (Fsp3) is 0.231. The molecule has 0 aromatic heterocycles. The molecule has 0 fully saturated rings. The molecule has 0 spiro atoms. The zero-order chi connectivity index (χ0) is 11.0. The van der Waals surface area contributed by atoms with E-state index in [0.717, 1.165) is 27.6 Å². The molecule has 1 radical (unpaired) electrons. The Hall–Kier alpha value is -0.596. The largest absolute Gasteiger partial charge is 0.687 e. The number of phenols is 1. The molecule has 0 saturated carbocycles. The van der Waals surface area contributed by atoms with Gasteiger partial charge < -0.3 is 10.4 Å². The number of rotatable bonds is 1. The monoisotopic (exact) mass is 289 g/mol. The van der Waals surface area contributed by atoms with Gasteiger partial charge in [0.1, 0.15) is 5.75 Å². The third-order valence-corrected chi connectivity index (χ3v) is 2.87. The van der Waals surface area contributed by atoms with Gasteiger partial charge in [-0.3, -0.25) is 0 Å². The van der Waals surface area contributed by atoms with Crippen molar-refractivity contribution in [2.75, 3.05) is 7.05 Å². The van der Waals surface area contributed by atoms with Crippen molar-refractivity contribution in [3.8, 4) is 5.75 Å². The van der Waals surface area contributed by atoms with Gasteiger partial charge in [-0.15, -0.1) is 12.7 Å². The Morgan fingerprint density at radius 2 is 1.81 bits per heavy atom. The molecule has 3 heteroatoms. The van der Waals surface area contributed by atoms with Gasteiger partial charge in [-0.2, -0.15) is 0 Å². The summed E-state index contributed by atoms with van der Waals surface area (Å²) in [6.07, 6.45) is 0. The van der Waals surface area contributed by atoms with Gasteiger partial charge >= 0.3 is 0 Å². The molecule has 16 heavy (non-hydrogen) atoms. The fourth-order valence-corrected chi connectivity index (χ4v) is 1.75. The number of aryl methyl sites for hydroxylation is 1. The fourth-order valence-electron chi connectivity index (χ4n) is 1.75. The molecule has 0 saturated heterocycles. The molecular weight excluding hydrogens is 275 g/mol. The first-order valence-corrected chi connectivity index (χ1v) is 4.96. The van der Waals surface area contributed by atoms with E-state index in [4.69, 9.17) is 0 Å². The predicted molar refractivity (Wildman–Crippen MR) is 64.0 cm³/mol. The summed E-state index contributed by atoms with van der Waals surface area (Å²) in [6, 6.07) is 7.90. The van der Waals surface area contributed by atoms with Gasteiger partial charge in [-0.05, 0) is 30.4 Å². The molecule has 0 aliphatic carbocycles. The molecule has 2 aromatic carbocycles. The minimum Gasteiger partial charge on any atom is -0.687 e. The summed E-state index contributed by atoms with van der Waals surface area (Å²) in [5.41, 5.74) is 2.99. The molecule has 0 bridgehead atoms. The second kappa shape index (κ2) is 5.16. The van der Waals surface area contributed by atoms with E-state index in [-0.39, 0.29) is 32.7 Å². The van der Waals surface area contributed by atoms with Crippen LogP contribution in [0.2, 0.25) is 0 Å². The average Bonchev–Trinajstić information content (AvgIpc) is 2.25. The van der Waals surface area contributed by atoms with Crippen LogP contribution in [0.1, 0.15) is 11.1 Å². The summed E-state index contributed by atoms with van der Waals surface area (Å²) < 4.78 is 0. The van der Waals surface area contributed by atoms with E-state index in [1.54, 1.807) is 7.05 Å². The Morgan fingerprint density at radius 1 is 1.12 bits per heavy atom. The maximum absolute atomic E-state index is 9.97. The predicted octanol–water partition coefficient (Wildman–Crippen LogP) is 3.79. The van der Waals surface area contributed by atoms with Crippen LogP contribution >= 0.6 is 0 Å². The van der Waals surface area contributed by atoms with Gasteiger partial charge in [0.15, 0.2) is 0 Å². The van der Waals surface area contributed by atoms with Crippen molar-refractivity contribution in [3.05, 3.63) is 40.7 Å². The molecule has 0 amide bonds. The van der Waals surface area contributed by atoms with E-state index in [1.165, 1.54) is 0 Å². The second-order valence-electron chi connectivity index (χ2n) is 3.80. The van der Waals surface area contributed by atoms with Crippen LogP contribution in [0.5, 0.6) is 5.75 Å². The second-order valence-corrected chi connectivity index (χ2v) is 3.80. The molecule has 1 N–H and O–H groups in total. The van der Waals surface area contributed by atoms with Gasteiger partial charge in [-0.1, -0.05) is 24.3 Å². The van der Waals surface area contributed by atoms with Crippen molar-refractivity contribution in [2.24, 2.45) is 0 Å². The topological polar surface area (TPSA) is 34.3 Å². The quantitative estimate of drug-likeness (QED) is 0.851. The van der Waals surface area contributed by atoms with Crippen LogP contribution in [0.4, 0.5) is 5.69 Å². The van der Waals surface area contributed by atoms with E-state index in [2.05, 4.69) is 11.4 Å². The number of aromatic hydroxyl groups is 1. The molecule has 2 aromatic rings. The standard InChI is InChI=1S/C13H14NO.Y/c1-8-6-10-7-11(14-3)4-5-12(10)13(15)9(8)2;/h4-7,15H,1-3H3;/q-1;. The van der Waals surface area contributed by atoms with E-state index >= 15 is 0 Å². The van der Waals surface area contributed by atoms with Crippen molar-refractivity contribution in [1.82, 2.24) is 0 Å². The van der Waals surface area contributed by atoms with Crippen LogP contribution in [-0.4, -0.2) is 12.2 Å². The first-order chi connectivity index (χ1) is 7.13. The number of phenolic OH excluding ortho intramolecular Hbond substituents is 1.